The Morgan fingerprint density at radius 1 is 0.958 bits per heavy atom. The molecule has 1 rings (SSSR count). The van der Waals surface area contributed by atoms with Crippen LogP contribution in [0.3, 0.4) is 0 Å². The monoisotopic (exact) mass is 346 g/mol. The highest BCUT2D eigenvalue weighted by molar-refractivity contribution is 5.74. The zero-order valence-electron chi connectivity index (χ0n) is 13.9. The summed E-state index contributed by atoms with van der Waals surface area (Å²) in [4.78, 5) is 45.2. The van der Waals surface area contributed by atoms with Crippen LogP contribution in [0.15, 0.2) is 0 Å². The van der Waals surface area contributed by atoms with Gasteiger partial charge in [0.15, 0.2) is 18.5 Å². The third kappa shape index (κ3) is 5.78. The molecule has 0 aromatic rings. The third-order valence-corrected chi connectivity index (χ3v) is 3.19. The molecule has 0 radical (unpaired) electrons. The van der Waals surface area contributed by atoms with Gasteiger partial charge in [0.1, 0.15) is 12.1 Å². The Hall–Kier alpha value is -2.20. The molecule has 24 heavy (non-hydrogen) atoms. The molecule has 2 amide bonds. The van der Waals surface area contributed by atoms with Gasteiger partial charge in [-0.2, -0.15) is 0 Å². The van der Waals surface area contributed by atoms with Gasteiger partial charge in [-0.15, -0.1) is 0 Å². The average Bonchev–Trinajstić information content (AvgIpc) is 2.42. The summed E-state index contributed by atoms with van der Waals surface area (Å²) in [5, 5.41) is 15.0. The van der Waals surface area contributed by atoms with E-state index in [0.29, 0.717) is 0 Å². The predicted octanol–water partition coefficient (Wildman–Crippen LogP) is -1.79. The van der Waals surface area contributed by atoms with Crippen molar-refractivity contribution in [2.75, 3.05) is 6.54 Å². The van der Waals surface area contributed by atoms with Gasteiger partial charge in [0, 0.05) is 34.2 Å². The Morgan fingerprint density at radius 3 is 1.96 bits per heavy atom. The molecule has 0 aromatic carbocycles. The molecule has 0 aliphatic carbocycles. The first-order valence-corrected chi connectivity index (χ1v) is 7.31. The van der Waals surface area contributed by atoms with E-state index in [2.05, 4.69) is 10.6 Å². The SMILES string of the molecule is CC(=O)NC[C@H]1O[C@H](O)[C@H](NC(C)=O)[C@@H](OC(C)=O)[C@@H]1OC(C)=O. The van der Waals surface area contributed by atoms with Gasteiger partial charge >= 0.3 is 11.9 Å². The molecule has 3 N–H and O–H groups in total. The first-order valence-electron chi connectivity index (χ1n) is 7.31. The molecule has 10 nitrogen and oxygen atoms in total. The summed E-state index contributed by atoms with van der Waals surface area (Å²) >= 11 is 0. The van der Waals surface area contributed by atoms with Gasteiger partial charge in [0.2, 0.25) is 11.8 Å². The molecule has 0 unspecified atom stereocenters. The molecule has 5 atom stereocenters. The van der Waals surface area contributed by atoms with Crippen molar-refractivity contribution in [2.24, 2.45) is 0 Å². The van der Waals surface area contributed by atoms with Crippen molar-refractivity contribution < 1.29 is 38.5 Å². The number of nitrogens with one attached hydrogen (secondary N) is 2. The summed E-state index contributed by atoms with van der Waals surface area (Å²) in [7, 11) is 0. The zero-order valence-corrected chi connectivity index (χ0v) is 13.9. The van der Waals surface area contributed by atoms with E-state index in [-0.39, 0.29) is 12.5 Å². The maximum Gasteiger partial charge on any atom is 0.303 e. The second-order valence-electron chi connectivity index (χ2n) is 5.38. The van der Waals surface area contributed by atoms with Crippen LogP contribution in [0, 0.1) is 0 Å². The minimum atomic E-state index is -1.52. The number of carbonyl (C=O) groups is 4. The van der Waals surface area contributed by atoms with E-state index in [9.17, 15) is 24.3 Å². The molecule has 1 saturated heterocycles. The van der Waals surface area contributed by atoms with Gasteiger partial charge in [-0.25, -0.2) is 0 Å². The second kappa shape index (κ2) is 8.60. The Bertz CT molecular complexity index is 509. The lowest BCUT2D eigenvalue weighted by atomic mass is 9.95. The van der Waals surface area contributed by atoms with Crippen molar-refractivity contribution in [3.8, 4) is 0 Å². The summed E-state index contributed by atoms with van der Waals surface area (Å²) in [5.41, 5.74) is 0. The Balaban J connectivity index is 3.11. The third-order valence-electron chi connectivity index (χ3n) is 3.19. The number of aliphatic hydroxyl groups is 1. The number of hydrogen-bond acceptors (Lipinski definition) is 8. The van der Waals surface area contributed by atoms with Crippen LogP contribution in [0.5, 0.6) is 0 Å². The number of esters is 2. The first kappa shape index (κ1) is 19.8. The highest BCUT2D eigenvalue weighted by Gasteiger charge is 2.49. The Labute approximate surface area is 138 Å². The second-order valence-corrected chi connectivity index (χ2v) is 5.38. The molecule has 1 aliphatic heterocycles. The maximum atomic E-state index is 11.4. The lowest BCUT2D eigenvalue weighted by Crippen LogP contribution is -2.66. The minimum Gasteiger partial charge on any atom is -0.456 e. The van der Waals surface area contributed by atoms with E-state index in [1.165, 1.54) is 13.8 Å². The molecule has 1 fully saturated rings. The first-order chi connectivity index (χ1) is 11.1. The van der Waals surface area contributed by atoms with Gasteiger partial charge < -0.3 is 30.0 Å². The lowest BCUT2D eigenvalue weighted by Gasteiger charge is -2.43. The average molecular weight is 346 g/mol. The Morgan fingerprint density at radius 2 is 1.50 bits per heavy atom. The standard InChI is InChI=1S/C14H22N2O8/c1-6(17)15-5-10-12(22-8(3)19)13(23-9(4)20)11(14(21)24-10)16-7(2)18/h10-14,21H,5H2,1-4H3,(H,15,17)(H,16,18)/t10-,11-,12-,13-,14+/m1/s1. The zero-order chi connectivity index (χ0) is 18.4. The van der Waals surface area contributed by atoms with Gasteiger partial charge in [-0.1, -0.05) is 0 Å². The number of rotatable bonds is 5. The van der Waals surface area contributed by atoms with Crippen LogP contribution in [-0.4, -0.2) is 66.0 Å². The quantitative estimate of drug-likeness (QED) is 0.496. The van der Waals surface area contributed by atoms with E-state index in [0.717, 1.165) is 13.8 Å². The van der Waals surface area contributed by atoms with Crippen molar-refractivity contribution in [3.63, 3.8) is 0 Å². The number of amides is 2. The fourth-order valence-corrected chi connectivity index (χ4v) is 2.38. The van der Waals surface area contributed by atoms with Gasteiger partial charge in [-0.3, -0.25) is 19.2 Å². The number of carbonyl (C=O) groups excluding carboxylic acids is 4. The summed E-state index contributed by atoms with van der Waals surface area (Å²) in [6, 6.07) is -1.13. The normalized spacial score (nSPS) is 29.3. The minimum absolute atomic E-state index is 0.0884. The summed E-state index contributed by atoms with van der Waals surface area (Å²) in [6.07, 6.45) is -4.80. The number of hydrogen-bond donors (Lipinski definition) is 3. The van der Waals surface area contributed by atoms with Crippen molar-refractivity contribution in [2.45, 2.75) is 58.3 Å². The fraction of sp³-hybridized carbons (Fsp3) is 0.714. The topological polar surface area (TPSA) is 140 Å². The van der Waals surface area contributed by atoms with Crippen LogP contribution in [0.2, 0.25) is 0 Å². The summed E-state index contributed by atoms with van der Waals surface area (Å²) in [6.45, 7) is 4.69. The largest absolute Gasteiger partial charge is 0.456 e. The van der Waals surface area contributed by atoms with E-state index in [1.807, 2.05) is 0 Å². The molecule has 0 bridgehead atoms. The van der Waals surface area contributed by atoms with Gasteiger partial charge in [-0.05, 0) is 0 Å². The van der Waals surface area contributed by atoms with E-state index in [1.54, 1.807) is 0 Å². The van der Waals surface area contributed by atoms with Crippen LogP contribution in [0.4, 0.5) is 0 Å². The lowest BCUT2D eigenvalue weighted by molar-refractivity contribution is -0.256. The molecule has 0 saturated carbocycles. The highest BCUT2D eigenvalue weighted by atomic mass is 16.7. The van der Waals surface area contributed by atoms with Crippen molar-refractivity contribution in [1.82, 2.24) is 10.6 Å². The van der Waals surface area contributed by atoms with E-state index < -0.39 is 48.5 Å². The number of ether oxygens (including phenoxy) is 3. The van der Waals surface area contributed by atoms with E-state index >= 15 is 0 Å². The predicted molar refractivity (Wildman–Crippen MR) is 78.3 cm³/mol. The molecule has 0 spiro atoms. The van der Waals surface area contributed by atoms with Crippen LogP contribution >= 0.6 is 0 Å². The maximum absolute atomic E-state index is 11.4. The molecule has 136 valence electrons. The van der Waals surface area contributed by atoms with Gasteiger partial charge in [0.05, 0.1) is 0 Å². The van der Waals surface area contributed by atoms with Crippen molar-refractivity contribution >= 4 is 23.8 Å². The van der Waals surface area contributed by atoms with Crippen LogP contribution in [-0.2, 0) is 33.4 Å². The van der Waals surface area contributed by atoms with Crippen LogP contribution in [0.25, 0.3) is 0 Å². The highest BCUT2D eigenvalue weighted by Crippen LogP contribution is 2.25. The van der Waals surface area contributed by atoms with Crippen LogP contribution < -0.4 is 10.6 Å². The van der Waals surface area contributed by atoms with E-state index in [4.69, 9.17) is 14.2 Å². The van der Waals surface area contributed by atoms with Crippen LogP contribution in [0.1, 0.15) is 27.7 Å². The molecule has 1 heterocycles. The molecular weight excluding hydrogens is 324 g/mol. The molecule has 1 aliphatic rings. The summed E-state index contributed by atoms with van der Waals surface area (Å²) < 4.78 is 15.6. The van der Waals surface area contributed by atoms with Gasteiger partial charge in [0.25, 0.3) is 0 Å². The Kier molecular flexibility index (Phi) is 7.11. The van der Waals surface area contributed by atoms with Crippen molar-refractivity contribution in [1.29, 1.82) is 0 Å². The fourth-order valence-electron chi connectivity index (χ4n) is 2.38. The molecular formula is C14H22N2O8. The number of aliphatic hydroxyl groups excluding tert-OH is 1. The molecule has 0 aromatic heterocycles. The summed E-state index contributed by atoms with van der Waals surface area (Å²) in [5.74, 6) is -2.23. The molecule has 10 heteroatoms. The smallest absolute Gasteiger partial charge is 0.303 e. The van der Waals surface area contributed by atoms with Crippen molar-refractivity contribution in [3.05, 3.63) is 0 Å².